The molecule has 148 valence electrons. The Labute approximate surface area is 172 Å². The highest BCUT2D eigenvalue weighted by atomic mass is 32.2. The first-order valence-electron chi connectivity index (χ1n) is 8.76. The van der Waals surface area contributed by atoms with E-state index < -0.39 is 10.0 Å². The molecule has 1 N–H and O–H groups in total. The van der Waals surface area contributed by atoms with E-state index in [2.05, 4.69) is 16.3 Å². The fourth-order valence-corrected chi connectivity index (χ4v) is 5.27. The van der Waals surface area contributed by atoms with Crippen LogP contribution in [0.5, 0.6) is 0 Å². The van der Waals surface area contributed by atoms with Crippen LogP contribution in [0.1, 0.15) is 6.92 Å². The smallest absolute Gasteiger partial charge is 0.263 e. The lowest BCUT2D eigenvalue weighted by Crippen LogP contribution is -2.28. The zero-order valence-electron chi connectivity index (χ0n) is 15.4. The molecule has 0 aliphatic heterocycles. The van der Waals surface area contributed by atoms with E-state index in [0.29, 0.717) is 27.7 Å². The maximum atomic E-state index is 13.0. The van der Waals surface area contributed by atoms with Crippen LogP contribution in [0.4, 0.5) is 0 Å². The number of thioether (sulfide) groups is 1. The molecule has 28 heavy (non-hydrogen) atoms. The molecule has 9 heteroatoms. The van der Waals surface area contributed by atoms with E-state index in [1.54, 1.807) is 17.6 Å². The summed E-state index contributed by atoms with van der Waals surface area (Å²) in [7, 11) is -3.23. The fourth-order valence-electron chi connectivity index (χ4n) is 2.58. The molecule has 3 rings (SSSR count). The lowest BCUT2D eigenvalue weighted by Gasteiger charge is -2.10. The van der Waals surface area contributed by atoms with Crippen LogP contribution in [-0.4, -0.2) is 36.0 Å². The quantitative estimate of drug-likeness (QED) is 0.241. The van der Waals surface area contributed by atoms with Crippen LogP contribution in [0.25, 0.3) is 20.7 Å². The number of hydrogen-bond acceptors (Lipinski definition) is 6. The predicted molar refractivity (Wildman–Crippen MR) is 118 cm³/mol. The maximum absolute atomic E-state index is 13.0. The third-order valence-electron chi connectivity index (χ3n) is 4.02. The zero-order valence-corrected chi connectivity index (χ0v) is 17.9. The summed E-state index contributed by atoms with van der Waals surface area (Å²) in [6.07, 6.45) is 1.66. The van der Waals surface area contributed by atoms with Crippen LogP contribution in [0.2, 0.25) is 0 Å². The van der Waals surface area contributed by atoms with Gasteiger partial charge < -0.3 is 0 Å². The van der Waals surface area contributed by atoms with Crippen molar-refractivity contribution in [2.75, 3.05) is 18.1 Å². The summed E-state index contributed by atoms with van der Waals surface area (Å²) in [5.74, 6) is 0.520. The van der Waals surface area contributed by atoms with Crippen molar-refractivity contribution in [2.24, 2.45) is 0 Å². The molecule has 3 aromatic rings. The molecule has 0 fully saturated rings. The van der Waals surface area contributed by atoms with E-state index in [1.807, 2.05) is 36.4 Å². The molecule has 0 aliphatic carbocycles. The molecule has 2 heterocycles. The van der Waals surface area contributed by atoms with E-state index in [9.17, 15) is 13.2 Å². The number of aromatic nitrogens is 2. The van der Waals surface area contributed by atoms with Gasteiger partial charge in [-0.1, -0.05) is 48.2 Å². The Hall–Kier alpha value is -1.94. The normalized spacial score (nSPS) is 11.8. The minimum absolute atomic E-state index is 0.0422. The largest absolute Gasteiger partial charge is 0.283 e. The molecule has 0 radical (unpaired) electrons. The molecule has 0 saturated heterocycles. The molecule has 0 saturated carbocycles. The van der Waals surface area contributed by atoms with Gasteiger partial charge in [0.2, 0.25) is 10.0 Å². The van der Waals surface area contributed by atoms with Gasteiger partial charge in [-0.05, 0) is 18.6 Å². The number of fused-ring (bicyclic) bond motifs is 1. The van der Waals surface area contributed by atoms with Crippen molar-refractivity contribution in [1.29, 1.82) is 0 Å². The Morgan fingerprint density at radius 2 is 2.07 bits per heavy atom. The van der Waals surface area contributed by atoms with E-state index in [0.717, 1.165) is 10.4 Å². The summed E-state index contributed by atoms with van der Waals surface area (Å²) in [6.45, 7) is 5.94. The number of nitrogens with one attached hydrogen (secondary N) is 1. The monoisotopic (exact) mass is 435 g/mol. The van der Waals surface area contributed by atoms with Crippen LogP contribution in [0.3, 0.4) is 0 Å². The average Bonchev–Trinajstić information content (AvgIpc) is 3.13. The number of sulfonamides is 1. The Balaban J connectivity index is 1.91. The Bertz CT molecular complexity index is 1140. The van der Waals surface area contributed by atoms with Gasteiger partial charge in [0.05, 0.1) is 11.1 Å². The molecule has 0 amide bonds. The second-order valence-electron chi connectivity index (χ2n) is 5.94. The predicted octanol–water partition coefficient (Wildman–Crippen LogP) is 3.34. The zero-order chi connectivity index (χ0) is 20.1. The first-order chi connectivity index (χ1) is 13.4. The summed E-state index contributed by atoms with van der Waals surface area (Å²) in [5.41, 5.74) is 0.934. The standard InChI is InChI=1S/C19H21N3O3S3/c1-3-11-22-18(23)15-13-16(14-8-6-5-7-9-14)27-17(15)21-19(22)26-12-10-20-28(24,25)4-2/h3,5-9,13,20H,1,4,10-12H2,2H3. The molecular weight excluding hydrogens is 414 g/mol. The van der Waals surface area contributed by atoms with E-state index in [-0.39, 0.29) is 17.9 Å². The van der Waals surface area contributed by atoms with Gasteiger partial charge >= 0.3 is 0 Å². The van der Waals surface area contributed by atoms with Gasteiger partial charge in [-0.15, -0.1) is 17.9 Å². The van der Waals surface area contributed by atoms with Crippen LogP contribution in [0.15, 0.2) is 59.0 Å². The van der Waals surface area contributed by atoms with E-state index in [4.69, 9.17) is 0 Å². The summed E-state index contributed by atoms with van der Waals surface area (Å²) >= 11 is 2.83. The molecule has 6 nitrogen and oxygen atoms in total. The molecule has 1 aromatic carbocycles. The first-order valence-corrected chi connectivity index (χ1v) is 12.2. The highest BCUT2D eigenvalue weighted by molar-refractivity contribution is 7.99. The molecule has 0 atom stereocenters. The third-order valence-corrected chi connectivity index (χ3v) is 7.48. The Morgan fingerprint density at radius 1 is 1.32 bits per heavy atom. The van der Waals surface area contributed by atoms with Crippen molar-refractivity contribution < 1.29 is 8.42 Å². The number of nitrogens with zero attached hydrogens (tertiary/aromatic N) is 2. The van der Waals surface area contributed by atoms with Crippen LogP contribution >= 0.6 is 23.1 Å². The molecule has 0 unspecified atom stereocenters. The molecule has 2 aromatic heterocycles. The average molecular weight is 436 g/mol. The SMILES string of the molecule is C=CCn1c(SCCNS(=O)(=O)CC)nc2sc(-c3ccccc3)cc2c1=O. The number of benzene rings is 1. The van der Waals surface area contributed by atoms with Gasteiger partial charge in [0.25, 0.3) is 5.56 Å². The van der Waals surface area contributed by atoms with E-state index >= 15 is 0 Å². The van der Waals surface area contributed by atoms with Crippen LogP contribution < -0.4 is 10.3 Å². The van der Waals surface area contributed by atoms with Crippen LogP contribution in [0, 0.1) is 0 Å². The minimum atomic E-state index is -3.23. The highest BCUT2D eigenvalue weighted by Crippen LogP contribution is 2.32. The second kappa shape index (κ2) is 9.04. The van der Waals surface area contributed by atoms with Crippen molar-refractivity contribution in [3.8, 4) is 10.4 Å². The number of allylic oxidation sites excluding steroid dienone is 1. The van der Waals surface area contributed by atoms with Gasteiger partial charge in [-0.3, -0.25) is 9.36 Å². The maximum Gasteiger partial charge on any atom is 0.263 e. The Kier molecular flexibility index (Phi) is 6.71. The summed E-state index contributed by atoms with van der Waals surface area (Å²) < 4.78 is 27.2. The second-order valence-corrected chi connectivity index (χ2v) is 10.1. The van der Waals surface area contributed by atoms with Crippen molar-refractivity contribution in [2.45, 2.75) is 18.6 Å². The van der Waals surface area contributed by atoms with Crippen molar-refractivity contribution in [3.63, 3.8) is 0 Å². The summed E-state index contributed by atoms with van der Waals surface area (Å²) in [6, 6.07) is 11.8. The molecule has 0 bridgehead atoms. The topological polar surface area (TPSA) is 81.1 Å². The van der Waals surface area contributed by atoms with Crippen LogP contribution in [-0.2, 0) is 16.6 Å². The van der Waals surface area contributed by atoms with Crippen molar-refractivity contribution >= 4 is 43.3 Å². The first kappa shape index (κ1) is 20.8. The molecule has 0 aliphatic rings. The number of thiophene rings is 1. The highest BCUT2D eigenvalue weighted by Gasteiger charge is 2.15. The fraction of sp³-hybridized carbons (Fsp3) is 0.263. The summed E-state index contributed by atoms with van der Waals surface area (Å²) in [4.78, 5) is 19.3. The van der Waals surface area contributed by atoms with Gasteiger partial charge in [0.15, 0.2) is 5.16 Å². The minimum Gasteiger partial charge on any atom is -0.283 e. The van der Waals surface area contributed by atoms with Crippen molar-refractivity contribution in [1.82, 2.24) is 14.3 Å². The van der Waals surface area contributed by atoms with Gasteiger partial charge in [-0.2, -0.15) is 0 Å². The Morgan fingerprint density at radius 3 is 2.75 bits per heavy atom. The van der Waals surface area contributed by atoms with Gasteiger partial charge in [0, 0.05) is 23.7 Å². The third kappa shape index (κ3) is 4.72. The van der Waals surface area contributed by atoms with Crippen molar-refractivity contribution in [3.05, 3.63) is 59.4 Å². The lowest BCUT2D eigenvalue weighted by atomic mass is 10.2. The van der Waals surface area contributed by atoms with E-state index in [1.165, 1.54) is 23.1 Å². The number of hydrogen-bond donors (Lipinski definition) is 1. The number of rotatable bonds is 9. The molecule has 0 spiro atoms. The summed E-state index contributed by atoms with van der Waals surface area (Å²) in [5, 5.41) is 1.15. The molecular formula is C19H21N3O3S3. The van der Waals surface area contributed by atoms with Gasteiger partial charge in [0.1, 0.15) is 4.83 Å². The lowest BCUT2D eigenvalue weighted by molar-refractivity contribution is 0.585. The van der Waals surface area contributed by atoms with Gasteiger partial charge in [-0.25, -0.2) is 18.1 Å².